The molecule has 0 aliphatic heterocycles. The van der Waals surface area contributed by atoms with Gasteiger partial charge in [0.25, 0.3) is 0 Å². The molecule has 0 heterocycles. The summed E-state index contributed by atoms with van der Waals surface area (Å²) in [4.78, 5) is 11.6. The van der Waals surface area contributed by atoms with Crippen molar-refractivity contribution < 1.29 is 23.7 Å². The monoisotopic (exact) mass is 378 g/mol. The lowest BCUT2D eigenvalue weighted by molar-refractivity contribution is 0.106. The largest absolute Gasteiger partial charge is 0.490 e. The van der Waals surface area contributed by atoms with Gasteiger partial charge in [-0.15, -0.1) is 0 Å². The maximum absolute atomic E-state index is 11.6. The molecular weight excluding hydrogens is 356 g/mol. The first-order chi connectivity index (χ1) is 13.8. The Morgan fingerprint density at radius 3 is 1.86 bits per heavy atom. The highest BCUT2D eigenvalue weighted by atomic mass is 16.5. The van der Waals surface area contributed by atoms with Crippen molar-refractivity contribution in [1.82, 2.24) is 0 Å². The SMILES string of the molecule is CCOCCOc1cc(Oc2ccccc2)c(Oc2ccccc2)cc1C=O. The van der Waals surface area contributed by atoms with Crippen LogP contribution in [0, 0.1) is 0 Å². The summed E-state index contributed by atoms with van der Waals surface area (Å²) in [5, 5.41) is 0. The van der Waals surface area contributed by atoms with E-state index >= 15 is 0 Å². The van der Waals surface area contributed by atoms with Crippen molar-refractivity contribution in [2.45, 2.75) is 6.92 Å². The molecule has 0 aliphatic rings. The summed E-state index contributed by atoms with van der Waals surface area (Å²) in [7, 11) is 0. The van der Waals surface area contributed by atoms with E-state index in [1.54, 1.807) is 12.1 Å². The molecule has 0 aliphatic carbocycles. The number of para-hydroxylation sites is 2. The third-order valence-electron chi connectivity index (χ3n) is 3.83. The molecule has 0 N–H and O–H groups in total. The average molecular weight is 378 g/mol. The predicted octanol–water partition coefficient (Wildman–Crippen LogP) is 5.50. The van der Waals surface area contributed by atoms with Crippen LogP contribution >= 0.6 is 0 Å². The predicted molar refractivity (Wildman–Crippen MR) is 107 cm³/mol. The molecule has 3 rings (SSSR count). The number of carbonyl (C=O) groups is 1. The molecule has 144 valence electrons. The van der Waals surface area contributed by atoms with Crippen LogP contribution in [0.1, 0.15) is 17.3 Å². The minimum atomic E-state index is 0.332. The van der Waals surface area contributed by atoms with Gasteiger partial charge < -0.3 is 18.9 Å². The molecule has 0 atom stereocenters. The molecular formula is C23H22O5. The van der Waals surface area contributed by atoms with E-state index in [0.29, 0.717) is 54.1 Å². The molecule has 3 aromatic carbocycles. The van der Waals surface area contributed by atoms with E-state index in [0.717, 1.165) is 6.29 Å². The van der Waals surface area contributed by atoms with Crippen LogP contribution in [0.5, 0.6) is 28.7 Å². The average Bonchev–Trinajstić information content (AvgIpc) is 2.74. The lowest BCUT2D eigenvalue weighted by Gasteiger charge is -2.16. The summed E-state index contributed by atoms with van der Waals surface area (Å²) in [6.45, 7) is 3.29. The molecule has 5 heteroatoms. The number of aldehydes is 1. The van der Waals surface area contributed by atoms with E-state index in [9.17, 15) is 4.79 Å². The third-order valence-corrected chi connectivity index (χ3v) is 3.83. The van der Waals surface area contributed by atoms with Gasteiger partial charge in [-0.3, -0.25) is 4.79 Å². The second kappa shape index (κ2) is 10.1. The zero-order valence-electron chi connectivity index (χ0n) is 15.7. The lowest BCUT2D eigenvalue weighted by atomic mass is 10.2. The highest BCUT2D eigenvalue weighted by Gasteiger charge is 2.15. The van der Waals surface area contributed by atoms with Crippen LogP contribution in [-0.4, -0.2) is 26.1 Å². The molecule has 0 saturated carbocycles. The molecule has 3 aromatic rings. The fraction of sp³-hybridized carbons (Fsp3) is 0.174. The quantitative estimate of drug-likeness (QED) is 0.344. The van der Waals surface area contributed by atoms with Crippen molar-refractivity contribution in [3.05, 3.63) is 78.4 Å². The molecule has 0 spiro atoms. The standard InChI is InChI=1S/C23H22O5/c1-2-25-13-14-26-21-16-23(28-20-11-7-4-8-12-20)22(15-18(21)17-24)27-19-9-5-3-6-10-19/h3-12,15-17H,2,13-14H2,1H3. The second-order valence-electron chi connectivity index (χ2n) is 5.83. The summed E-state index contributed by atoms with van der Waals surface area (Å²) >= 11 is 0. The molecule has 0 radical (unpaired) electrons. The molecule has 0 amide bonds. The first-order valence-corrected chi connectivity index (χ1v) is 9.09. The zero-order chi connectivity index (χ0) is 19.6. The Labute approximate surface area is 164 Å². The van der Waals surface area contributed by atoms with E-state index in [4.69, 9.17) is 18.9 Å². The van der Waals surface area contributed by atoms with Gasteiger partial charge in [-0.1, -0.05) is 36.4 Å². The lowest BCUT2D eigenvalue weighted by Crippen LogP contribution is -2.08. The summed E-state index contributed by atoms with van der Waals surface area (Å²) in [5.74, 6) is 2.59. The van der Waals surface area contributed by atoms with Crippen molar-refractivity contribution in [1.29, 1.82) is 0 Å². The van der Waals surface area contributed by atoms with Gasteiger partial charge in [-0.05, 0) is 37.3 Å². The molecule has 5 nitrogen and oxygen atoms in total. The van der Waals surface area contributed by atoms with E-state index in [2.05, 4.69) is 0 Å². The molecule has 0 unspecified atom stereocenters. The number of rotatable bonds is 10. The van der Waals surface area contributed by atoms with Crippen molar-refractivity contribution in [3.8, 4) is 28.7 Å². The number of hydrogen-bond donors (Lipinski definition) is 0. The highest BCUT2D eigenvalue weighted by Crippen LogP contribution is 2.39. The van der Waals surface area contributed by atoms with Crippen LogP contribution in [0.25, 0.3) is 0 Å². The topological polar surface area (TPSA) is 54.0 Å². The van der Waals surface area contributed by atoms with Gasteiger partial charge in [-0.25, -0.2) is 0 Å². The maximum atomic E-state index is 11.6. The normalized spacial score (nSPS) is 10.3. The van der Waals surface area contributed by atoms with Crippen LogP contribution < -0.4 is 14.2 Å². The van der Waals surface area contributed by atoms with Gasteiger partial charge >= 0.3 is 0 Å². The Bertz CT molecular complexity index is 878. The Kier molecular flexibility index (Phi) is 7.04. The van der Waals surface area contributed by atoms with Crippen LogP contribution in [0.15, 0.2) is 72.8 Å². The number of benzene rings is 3. The Hall–Kier alpha value is -3.31. The van der Waals surface area contributed by atoms with Gasteiger partial charge in [-0.2, -0.15) is 0 Å². The van der Waals surface area contributed by atoms with Crippen molar-refractivity contribution in [2.24, 2.45) is 0 Å². The Balaban J connectivity index is 1.92. The van der Waals surface area contributed by atoms with E-state index in [-0.39, 0.29) is 0 Å². The van der Waals surface area contributed by atoms with E-state index < -0.39 is 0 Å². The molecule has 28 heavy (non-hydrogen) atoms. The van der Waals surface area contributed by atoms with Gasteiger partial charge in [0.15, 0.2) is 17.8 Å². The maximum Gasteiger partial charge on any atom is 0.173 e. The van der Waals surface area contributed by atoms with Crippen LogP contribution in [-0.2, 0) is 4.74 Å². The van der Waals surface area contributed by atoms with E-state index in [1.807, 2.05) is 67.6 Å². The molecule has 0 fully saturated rings. The van der Waals surface area contributed by atoms with E-state index in [1.165, 1.54) is 0 Å². The minimum Gasteiger partial charge on any atom is -0.490 e. The zero-order valence-corrected chi connectivity index (χ0v) is 15.7. The Morgan fingerprint density at radius 1 is 0.750 bits per heavy atom. The first kappa shape index (κ1) is 19.5. The molecule has 0 bridgehead atoms. The summed E-state index contributed by atoms with van der Waals surface area (Å²) in [6.07, 6.45) is 0.736. The first-order valence-electron chi connectivity index (χ1n) is 9.09. The summed E-state index contributed by atoms with van der Waals surface area (Å²) in [6, 6.07) is 22.0. The van der Waals surface area contributed by atoms with Crippen molar-refractivity contribution in [2.75, 3.05) is 19.8 Å². The van der Waals surface area contributed by atoms with Crippen molar-refractivity contribution >= 4 is 6.29 Å². The summed E-state index contributed by atoms with van der Waals surface area (Å²) < 4.78 is 23.0. The van der Waals surface area contributed by atoms with Gasteiger partial charge in [0.05, 0.1) is 12.2 Å². The van der Waals surface area contributed by atoms with Crippen LogP contribution in [0.4, 0.5) is 0 Å². The van der Waals surface area contributed by atoms with Crippen molar-refractivity contribution in [3.63, 3.8) is 0 Å². The fourth-order valence-corrected chi connectivity index (χ4v) is 2.52. The Morgan fingerprint density at radius 2 is 1.32 bits per heavy atom. The highest BCUT2D eigenvalue weighted by molar-refractivity contribution is 5.81. The van der Waals surface area contributed by atoms with Crippen LogP contribution in [0.2, 0.25) is 0 Å². The number of ether oxygens (including phenoxy) is 4. The molecule has 0 aromatic heterocycles. The smallest absolute Gasteiger partial charge is 0.173 e. The van der Waals surface area contributed by atoms with Gasteiger partial charge in [0, 0.05) is 12.7 Å². The summed E-state index contributed by atoms with van der Waals surface area (Å²) in [5.41, 5.74) is 0.378. The van der Waals surface area contributed by atoms with Crippen LogP contribution in [0.3, 0.4) is 0 Å². The third kappa shape index (κ3) is 5.34. The minimum absolute atomic E-state index is 0.332. The molecule has 0 saturated heterocycles. The van der Waals surface area contributed by atoms with Gasteiger partial charge in [0.2, 0.25) is 0 Å². The second-order valence-corrected chi connectivity index (χ2v) is 5.83. The van der Waals surface area contributed by atoms with Gasteiger partial charge in [0.1, 0.15) is 23.9 Å². The fourth-order valence-electron chi connectivity index (χ4n) is 2.52. The number of carbonyl (C=O) groups excluding carboxylic acids is 1. The number of hydrogen-bond acceptors (Lipinski definition) is 5.